The number of rotatable bonds is 5. The maximum Gasteiger partial charge on any atom is 0.226 e. The topological polar surface area (TPSA) is 104 Å². The summed E-state index contributed by atoms with van der Waals surface area (Å²) in [6.07, 6.45) is 1.59. The number of hydrazine groups is 1. The van der Waals surface area contributed by atoms with Crippen molar-refractivity contribution < 1.29 is 14.3 Å². The standard InChI is InChI=1S/C18H23FN6O2/c1-25-15(9-26)22-24-17(25)11-6-13(7-11)21-18(27)14-8-20-23-16(14)10-3-2-4-12(19)5-10/h2-5,11,13-14,16,20,23,26H,6-9H2,1H3,(H,21,27). The molecule has 27 heavy (non-hydrogen) atoms. The number of nitrogens with one attached hydrogen (secondary N) is 3. The molecule has 8 nitrogen and oxygen atoms in total. The molecule has 1 aromatic heterocycles. The molecular weight excluding hydrogens is 351 g/mol. The summed E-state index contributed by atoms with van der Waals surface area (Å²) in [5.74, 6) is 0.950. The van der Waals surface area contributed by atoms with E-state index in [1.807, 2.05) is 17.7 Å². The van der Waals surface area contributed by atoms with Crippen molar-refractivity contribution in [2.24, 2.45) is 13.0 Å². The zero-order valence-electron chi connectivity index (χ0n) is 15.0. The number of aliphatic hydroxyl groups excluding tert-OH is 1. The summed E-state index contributed by atoms with van der Waals surface area (Å²) in [6.45, 7) is 0.353. The largest absolute Gasteiger partial charge is 0.388 e. The van der Waals surface area contributed by atoms with E-state index in [9.17, 15) is 14.3 Å². The van der Waals surface area contributed by atoms with Crippen LogP contribution in [-0.2, 0) is 18.4 Å². The number of aromatic nitrogens is 3. The molecule has 1 aliphatic carbocycles. The first-order chi connectivity index (χ1) is 13.1. The maximum absolute atomic E-state index is 13.5. The monoisotopic (exact) mass is 374 g/mol. The second-order valence-corrected chi connectivity index (χ2v) is 7.23. The van der Waals surface area contributed by atoms with Gasteiger partial charge in [0.15, 0.2) is 5.82 Å². The number of hydrogen-bond acceptors (Lipinski definition) is 6. The lowest BCUT2D eigenvalue weighted by atomic mass is 9.79. The summed E-state index contributed by atoms with van der Waals surface area (Å²) in [6, 6.07) is 6.15. The van der Waals surface area contributed by atoms with Crippen LogP contribution in [-0.4, -0.2) is 38.4 Å². The minimum Gasteiger partial charge on any atom is -0.388 e. The Morgan fingerprint density at radius 3 is 2.93 bits per heavy atom. The zero-order valence-corrected chi connectivity index (χ0v) is 15.0. The number of halogens is 1. The van der Waals surface area contributed by atoms with Crippen LogP contribution in [0.2, 0.25) is 0 Å². The molecule has 4 N–H and O–H groups in total. The lowest BCUT2D eigenvalue weighted by molar-refractivity contribution is -0.126. The van der Waals surface area contributed by atoms with Crippen molar-refractivity contribution in [1.29, 1.82) is 0 Å². The van der Waals surface area contributed by atoms with Crippen LogP contribution in [0.1, 0.15) is 42.0 Å². The van der Waals surface area contributed by atoms with Crippen LogP contribution >= 0.6 is 0 Å². The Bertz CT molecular complexity index is 835. The molecule has 1 aromatic carbocycles. The summed E-state index contributed by atoms with van der Waals surface area (Å²) in [4.78, 5) is 12.7. The van der Waals surface area contributed by atoms with Crippen molar-refractivity contribution in [3.8, 4) is 0 Å². The highest BCUT2D eigenvalue weighted by molar-refractivity contribution is 5.80. The van der Waals surface area contributed by atoms with Gasteiger partial charge in [-0.1, -0.05) is 12.1 Å². The van der Waals surface area contributed by atoms with Crippen LogP contribution in [0.3, 0.4) is 0 Å². The second-order valence-electron chi connectivity index (χ2n) is 7.23. The molecule has 2 unspecified atom stereocenters. The highest BCUT2D eigenvalue weighted by Crippen LogP contribution is 2.36. The van der Waals surface area contributed by atoms with Gasteiger partial charge in [-0.15, -0.1) is 10.2 Å². The molecule has 144 valence electrons. The molecule has 2 aromatic rings. The van der Waals surface area contributed by atoms with Gasteiger partial charge in [0.05, 0.1) is 12.0 Å². The Balaban J connectivity index is 1.35. The molecule has 4 rings (SSSR count). The number of hydrogen-bond donors (Lipinski definition) is 4. The maximum atomic E-state index is 13.5. The molecule has 2 heterocycles. The molecule has 2 aliphatic rings. The van der Waals surface area contributed by atoms with Crippen LogP contribution in [0, 0.1) is 11.7 Å². The average Bonchev–Trinajstić information content (AvgIpc) is 3.24. The van der Waals surface area contributed by atoms with Gasteiger partial charge in [-0.2, -0.15) is 0 Å². The smallest absolute Gasteiger partial charge is 0.226 e. The van der Waals surface area contributed by atoms with Crippen LogP contribution < -0.4 is 16.2 Å². The van der Waals surface area contributed by atoms with Gasteiger partial charge in [0, 0.05) is 25.6 Å². The Labute approximate surface area is 156 Å². The van der Waals surface area contributed by atoms with E-state index in [1.165, 1.54) is 12.1 Å². The van der Waals surface area contributed by atoms with E-state index in [2.05, 4.69) is 26.4 Å². The molecule has 0 radical (unpaired) electrons. The van der Waals surface area contributed by atoms with Crippen molar-refractivity contribution in [2.75, 3.05) is 6.54 Å². The lowest BCUT2D eigenvalue weighted by Gasteiger charge is -2.36. The number of carbonyl (C=O) groups is 1. The van der Waals surface area contributed by atoms with Gasteiger partial charge in [0.25, 0.3) is 0 Å². The fourth-order valence-corrected chi connectivity index (χ4v) is 3.88. The Hall–Kier alpha value is -2.36. The van der Waals surface area contributed by atoms with E-state index in [0.29, 0.717) is 12.4 Å². The normalized spacial score (nSPS) is 27.4. The Morgan fingerprint density at radius 2 is 2.22 bits per heavy atom. The van der Waals surface area contributed by atoms with Gasteiger partial charge in [-0.25, -0.2) is 9.82 Å². The first kappa shape index (κ1) is 18.0. The predicted molar refractivity (Wildman–Crippen MR) is 94.6 cm³/mol. The van der Waals surface area contributed by atoms with Gasteiger partial charge in [0.1, 0.15) is 18.2 Å². The molecule has 0 bridgehead atoms. The summed E-state index contributed by atoms with van der Waals surface area (Å²) < 4.78 is 15.3. The SMILES string of the molecule is Cn1c(CO)nnc1C1CC(NC(=O)C2CNNC2c2cccc(F)c2)C1. The minimum absolute atomic E-state index is 0.0424. The molecule has 2 fully saturated rings. The highest BCUT2D eigenvalue weighted by Gasteiger charge is 2.39. The number of nitrogens with zero attached hydrogens (tertiary/aromatic N) is 3. The van der Waals surface area contributed by atoms with Crippen LogP contribution in [0.25, 0.3) is 0 Å². The quantitative estimate of drug-likeness (QED) is 0.599. The van der Waals surface area contributed by atoms with Gasteiger partial charge in [-0.3, -0.25) is 10.2 Å². The molecule has 1 saturated heterocycles. The van der Waals surface area contributed by atoms with Crippen LogP contribution in [0.4, 0.5) is 4.39 Å². The average molecular weight is 374 g/mol. The van der Waals surface area contributed by atoms with Crippen LogP contribution in [0.5, 0.6) is 0 Å². The lowest BCUT2D eigenvalue weighted by Crippen LogP contribution is -2.47. The summed E-state index contributed by atoms with van der Waals surface area (Å²) in [5, 5.41) is 20.4. The highest BCUT2D eigenvalue weighted by atomic mass is 19.1. The first-order valence-electron chi connectivity index (χ1n) is 9.10. The number of amides is 1. The minimum atomic E-state index is -0.312. The zero-order chi connectivity index (χ0) is 19.0. The Kier molecular flexibility index (Phi) is 4.90. The van der Waals surface area contributed by atoms with Crippen molar-refractivity contribution in [1.82, 2.24) is 30.9 Å². The first-order valence-corrected chi connectivity index (χ1v) is 9.10. The molecule has 9 heteroatoms. The van der Waals surface area contributed by atoms with Gasteiger partial charge < -0.3 is 15.0 Å². The molecular formula is C18H23FN6O2. The second kappa shape index (κ2) is 7.34. The van der Waals surface area contributed by atoms with E-state index in [1.54, 1.807) is 6.07 Å². The number of carbonyl (C=O) groups excluding carboxylic acids is 1. The molecule has 1 aliphatic heterocycles. The molecule has 1 amide bonds. The van der Waals surface area contributed by atoms with E-state index < -0.39 is 0 Å². The van der Waals surface area contributed by atoms with E-state index in [0.717, 1.165) is 24.2 Å². The van der Waals surface area contributed by atoms with Crippen molar-refractivity contribution in [3.63, 3.8) is 0 Å². The van der Waals surface area contributed by atoms with E-state index in [4.69, 9.17) is 0 Å². The summed E-state index contributed by atoms with van der Waals surface area (Å²) in [5.41, 5.74) is 6.82. The van der Waals surface area contributed by atoms with Gasteiger partial charge in [-0.05, 0) is 30.5 Å². The fraction of sp³-hybridized carbons (Fsp3) is 0.500. The Morgan fingerprint density at radius 1 is 1.41 bits per heavy atom. The third-order valence-corrected chi connectivity index (χ3v) is 5.52. The molecule has 0 spiro atoms. The predicted octanol–water partition coefficient (Wildman–Crippen LogP) is 0.274. The molecule has 2 atom stereocenters. The van der Waals surface area contributed by atoms with Crippen molar-refractivity contribution in [3.05, 3.63) is 47.3 Å². The van der Waals surface area contributed by atoms with Crippen molar-refractivity contribution in [2.45, 2.75) is 37.5 Å². The summed E-state index contributed by atoms with van der Waals surface area (Å²) in [7, 11) is 1.84. The van der Waals surface area contributed by atoms with E-state index >= 15 is 0 Å². The van der Waals surface area contributed by atoms with E-state index in [-0.39, 0.29) is 42.3 Å². The number of benzene rings is 1. The third kappa shape index (κ3) is 3.45. The van der Waals surface area contributed by atoms with Gasteiger partial charge >= 0.3 is 0 Å². The molecule has 1 saturated carbocycles. The van der Waals surface area contributed by atoms with Gasteiger partial charge in [0.2, 0.25) is 5.91 Å². The number of aliphatic hydroxyl groups is 1. The summed E-state index contributed by atoms with van der Waals surface area (Å²) >= 11 is 0. The third-order valence-electron chi connectivity index (χ3n) is 5.52. The van der Waals surface area contributed by atoms with Crippen molar-refractivity contribution >= 4 is 5.91 Å². The fourth-order valence-electron chi connectivity index (χ4n) is 3.88. The van der Waals surface area contributed by atoms with Crippen LogP contribution in [0.15, 0.2) is 24.3 Å².